The molecule has 2 amide bonds. The van der Waals surface area contributed by atoms with Gasteiger partial charge in [0.25, 0.3) is 0 Å². The molecule has 2 heterocycles. The zero-order valence-corrected chi connectivity index (χ0v) is 14.2. The lowest BCUT2D eigenvalue weighted by atomic mass is 10.1. The van der Waals surface area contributed by atoms with Gasteiger partial charge in [0.2, 0.25) is 0 Å². The maximum absolute atomic E-state index is 12.5. The van der Waals surface area contributed by atoms with Gasteiger partial charge in [-0.3, -0.25) is 5.10 Å². The van der Waals surface area contributed by atoms with Crippen LogP contribution in [0.4, 0.5) is 16.2 Å². The number of aromatic nitrogens is 2. The molecule has 3 aromatic rings. The molecule has 0 aliphatic carbocycles. The quantitative estimate of drug-likeness (QED) is 0.756. The molecule has 0 atom stereocenters. The summed E-state index contributed by atoms with van der Waals surface area (Å²) < 4.78 is 0. The lowest BCUT2D eigenvalue weighted by Crippen LogP contribution is -2.50. The second kappa shape index (κ2) is 6.47. The molecule has 2 N–H and O–H groups in total. The highest BCUT2D eigenvalue weighted by atomic mass is 16.2. The van der Waals surface area contributed by atoms with E-state index in [9.17, 15) is 4.79 Å². The van der Waals surface area contributed by atoms with Crippen LogP contribution in [-0.2, 0) is 0 Å². The largest absolute Gasteiger partial charge is 0.368 e. The maximum atomic E-state index is 12.5. The van der Waals surface area contributed by atoms with Crippen LogP contribution in [0.3, 0.4) is 0 Å². The fourth-order valence-electron chi connectivity index (χ4n) is 3.29. The number of piperazine rings is 1. The number of carbonyl (C=O) groups is 1. The number of hydrogen-bond donors (Lipinski definition) is 2. The van der Waals surface area contributed by atoms with Crippen molar-refractivity contribution in [3.05, 3.63) is 54.2 Å². The topological polar surface area (TPSA) is 64.3 Å². The number of amides is 2. The Morgan fingerprint density at radius 3 is 2.72 bits per heavy atom. The van der Waals surface area contributed by atoms with E-state index >= 15 is 0 Å². The van der Waals surface area contributed by atoms with E-state index in [4.69, 9.17) is 0 Å². The van der Waals surface area contributed by atoms with E-state index in [1.807, 2.05) is 23.1 Å². The molecule has 0 radical (unpaired) electrons. The number of benzene rings is 2. The molecule has 0 unspecified atom stereocenters. The van der Waals surface area contributed by atoms with Crippen LogP contribution in [0.5, 0.6) is 0 Å². The number of para-hydroxylation sites is 1. The van der Waals surface area contributed by atoms with Gasteiger partial charge in [-0.1, -0.05) is 18.2 Å². The van der Waals surface area contributed by atoms with Gasteiger partial charge in [-0.15, -0.1) is 0 Å². The number of aryl methyl sites for hydroxylation is 1. The third kappa shape index (κ3) is 3.15. The number of urea groups is 1. The van der Waals surface area contributed by atoms with E-state index in [0.717, 1.165) is 29.7 Å². The van der Waals surface area contributed by atoms with Gasteiger partial charge < -0.3 is 15.1 Å². The Kier molecular flexibility index (Phi) is 4.01. The van der Waals surface area contributed by atoms with Crippen molar-refractivity contribution in [2.75, 3.05) is 36.4 Å². The lowest BCUT2D eigenvalue weighted by Gasteiger charge is -2.36. The van der Waals surface area contributed by atoms with Crippen LogP contribution in [0, 0.1) is 6.92 Å². The summed E-state index contributed by atoms with van der Waals surface area (Å²) in [7, 11) is 0. The predicted molar refractivity (Wildman–Crippen MR) is 100 cm³/mol. The number of nitrogens with one attached hydrogen (secondary N) is 2. The van der Waals surface area contributed by atoms with Crippen molar-refractivity contribution in [3.8, 4) is 0 Å². The van der Waals surface area contributed by atoms with E-state index in [-0.39, 0.29) is 6.03 Å². The summed E-state index contributed by atoms with van der Waals surface area (Å²) in [6.07, 6.45) is 1.76. The third-order valence-corrected chi connectivity index (χ3v) is 4.71. The fraction of sp³-hybridized carbons (Fsp3) is 0.263. The summed E-state index contributed by atoms with van der Waals surface area (Å²) in [5, 5.41) is 10.9. The van der Waals surface area contributed by atoms with E-state index in [1.165, 1.54) is 11.3 Å². The van der Waals surface area contributed by atoms with Gasteiger partial charge in [0.15, 0.2) is 0 Å². The summed E-state index contributed by atoms with van der Waals surface area (Å²) >= 11 is 0. The molecule has 0 spiro atoms. The van der Waals surface area contributed by atoms with Gasteiger partial charge >= 0.3 is 6.03 Å². The summed E-state index contributed by atoms with van der Waals surface area (Å²) in [6.45, 7) is 5.25. The molecule has 1 aromatic heterocycles. The van der Waals surface area contributed by atoms with Crippen LogP contribution in [-0.4, -0.2) is 47.3 Å². The molecule has 4 rings (SSSR count). The molecule has 128 valence electrons. The molecule has 6 heteroatoms. The smallest absolute Gasteiger partial charge is 0.321 e. The van der Waals surface area contributed by atoms with Gasteiger partial charge in [-0.2, -0.15) is 5.10 Å². The molecule has 1 aliphatic rings. The summed E-state index contributed by atoms with van der Waals surface area (Å²) in [5.74, 6) is 0. The zero-order valence-electron chi connectivity index (χ0n) is 14.2. The minimum absolute atomic E-state index is 0.0488. The summed E-state index contributed by atoms with van der Waals surface area (Å²) in [4.78, 5) is 16.7. The Hall–Kier alpha value is -3.02. The third-order valence-electron chi connectivity index (χ3n) is 4.71. The van der Waals surface area contributed by atoms with Crippen LogP contribution in [0.25, 0.3) is 10.9 Å². The second-order valence-corrected chi connectivity index (χ2v) is 6.36. The maximum Gasteiger partial charge on any atom is 0.321 e. The van der Waals surface area contributed by atoms with Gasteiger partial charge in [-0.05, 0) is 36.8 Å². The monoisotopic (exact) mass is 335 g/mol. The normalized spacial score (nSPS) is 14.8. The van der Waals surface area contributed by atoms with Crippen LogP contribution in [0.1, 0.15) is 5.56 Å². The molecule has 1 aliphatic heterocycles. The number of H-pyrrole nitrogens is 1. The highest BCUT2D eigenvalue weighted by molar-refractivity contribution is 5.92. The lowest BCUT2D eigenvalue weighted by molar-refractivity contribution is 0.208. The standard InChI is InChI=1S/C19H21N5O/c1-14-4-2-3-5-18(14)23-8-10-24(11-9-23)19(25)21-16-6-7-17-15(12-16)13-20-22-17/h2-7,12-13H,8-11H2,1H3,(H,20,22)(H,21,25). The van der Waals surface area contributed by atoms with Crippen molar-refractivity contribution in [2.45, 2.75) is 6.92 Å². The molecule has 6 nitrogen and oxygen atoms in total. The Balaban J connectivity index is 1.38. The van der Waals surface area contributed by atoms with E-state index in [0.29, 0.717) is 13.1 Å². The number of aromatic amines is 1. The Bertz CT molecular complexity index is 895. The van der Waals surface area contributed by atoms with Gasteiger partial charge in [0.05, 0.1) is 11.7 Å². The first-order chi connectivity index (χ1) is 12.2. The first kappa shape index (κ1) is 15.5. The van der Waals surface area contributed by atoms with E-state index < -0.39 is 0 Å². The van der Waals surface area contributed by atoms with Crippen molar-refractivity contribution in [1.29, 1.82) is 0 Å². The molecule has 1 saturated heterocycles. The first-order valence-corrected chi connectivity index (χ1v) is 8.50. The number of fused-ring (bicyclic) bond motifs is 1. The molecular weight excluding hydrogens is 314 g/mol. The SMILES string of the molecule is Cc1ccccc1N1CCN(C(=O)Nc2ccc3[nH]ncc3c2)CC1. The van der Waals surface area contributed by atoms with Crippen molar-refractivity contribution in [2.24, 2.45) is 0 Å². The van der Waals surface area contributed by atoms with Crippen LogP contribution in [0.15, 0.2) is 48.7 Å². The number of anilines is 2. The molecule has 0 saturated carbocycles. The predicted octanol–water partition coefficient (Wildman–Crippen LogP) is 3.23. The number of hydrogen-bond acceptors (Lipinski definition) is 3. The zero-order chi connectivity index (χ0) is 17.2. The highest BCUT2D eigenvalue weighted by Gasteiger charge is 2.22. The molecule has 0 bridgehead atoms. The van der Waals surface area contributed by atoms with Crippen molar-refractivity contribution in [3.63, 3.8) is 0 Å². The average Bonchev–Trinajstić information content (AvgIpc) is 3.10. The van der Waals surface area contributed by atoms with Crippen molar-refractivity contribution < 1.29 is 4.79 Å². The highest BCUT2D eigenvalue weighted by Crippen LogP contribution is 2.21. The van der Waals surface area contributed by atoms with E-state index in [2.05, 4.69) is 51.6 Å². The Labute approximate surface area is 146 Å². The van der Waals surface area contributed by atoms with Crippen molar-refractivity contribution in [1.82, 2.24) is 15.1 Å². The average molecular weight is 335 g/mol. The van der Waals surface area contributed by atoms with Gasteiger partial charge in [-0.25, -0.2) is 4.79 Å². The second-order valence-electron chi connectivity index (χ2n) is 6.36. The Morgan fingerprint density at radius 1 is 1.12 bits per heavy atom. The van der Waals surface area contributed by atoms with Crippen LogP contribution in [0.2, 0.25) is 0 Å². The molecule has 2 aromatic carbocycles. The number of carbonyl (C=O) groups excluding carboxylic acids is 1. The Morgan fingerprint density at radius 2 is 1.92 bits per heavy atom. The summed E-state index contributed by atoms with van der Waals surface area (Å²) in [6, 6.07) is 14.1. The first-order valence-electron chi connectivity index (χ1n) is 8.50. The fourth-order valence-corrected chi connectivity index (χ4v) is 3.29. The summed E-state index contributed by atoms with van der Waals surface area (Å²) in [5.41, 5.74) is 4.28. The van der Waals surface area contributed by atoms with E-state index in [1.54, 1.807) is 6.20 Å². The van der Waals surface area contributed by atoms with Gasteiger partial charge in [0, 0.05) is 42.9 Å². The molecular formula is C19H21N5O. The minimum Gasteiger partial charge on any atom is -0.368 e. The number of rotatable bonds is 2. The van der Waals surface area contributed by atoms with Crippen LogP contribution < -0.4 is 10.2 Å². The minimum atomic E-state index is -0.0488. The molecule has 25 heavy (non-hydrogen) atoms. The van der Waals surface area contributed by atoms with Crippen LogP contribution >= 0.6 is 0 Å². The number of nitrogens with zero attached hydrogens (tertiary/aromatic N) is 3. The molecule has 1 fully saturated rings. The van der Waals surface area contributed by atoms with Gasteiger partial charge in [0.1, 0.15) is 0 Å². The van der Waals surface area contributed by atoms with Crippen molar-refractivity contribution >= 4 is 28.3 Å².